The summed E-state index contributed by atoms with van der Waals surface area (Å²) in [7, 11) is 1.96. The fourth-order valence-corrected chi connectivity index (χ4v) is 2.46. The Hall–Kier alpha value is -1.81. The second-order valence-electron chi connectivity index (χ2n) is 4.11. The molecular formula is C14H17N3S. The Labute approximate surface area is 112 Å². The van der Waals surface area contributed by atoms with Crippen molar-refractivity contribution in [3.05, 3.63) is 52.7 Å². The van der Waals surface area contributed by atoms with E-state index in [1.165, 1.54) is 4.88 Å². The minimum atomic E-state index is 0.234. The number of thiophene rings is 1. The molecule has 0 spiro atoms. The van der Waals surface area contributed by atoms with Crippen LogP contribution in [0.25, 0.3) is 0 Å². The predicted octanol–water partition coefficient (Wildman–Crippen LogP) is 3.39. The summed E-state index contributed by atoms with van der Waals surface area (Å²) < 4.78 is 0. The molecule has 18 heavy (non-hydrogen) atoms. The summed E-state index contributed by atoms with van der Waals surface area (Å²) >= 11 is 1.73. The zero-order valence-corrected chi connectivity index (χ0v) is 11.4. The normalized spacial score (nSPS) is 13.3. The van der Waals surface area contributed by atoms with Crippen LogP contribution in [-0.2, 0) is 0 Å². The van der Waals surface area contributed by atoms with Crippen molar-refractivity contribution >= 4 is 23.0 Å². The first kappa shape index (κ1) is 12.6. The van der Waals surface area contributed by atoms with Crippen LogP contribution >= 0.6 is 11.3 Å². The molecule has 1 aromatic carbocycles. The zero-order valence-electron chi connectivity index (χ0n) is 10.6. The maximum Gasteiger partial charge on any atom is 0.196 e. The number of hydrogen-bond acceptors (Lipinski definition) is 2. The molecule has 0 radical (unpaired) electrons. The van der Waals surface area contributed by atoms with Crippen molar-refractivity contribution in [1.29, 1.82) is 0 Å². The van der Waals surface area contributed by atoms with Crippen molar-refractivity contribution < 1.29 is 0 Å². The smallest absolute Gasteiger partial charge is 0.196 e. The lowest BCUT2D eigenvalue weighted by atomic mass is 10.2. The van der Waals surface area contributed by atoms with E-state index in [1.54, 1.807) is 11.3 Å². The van der Waals surface area contributed by atoms with Gasteiger partial charge in [0.25, 0.3) is 0 Å². The molecule has 1 aromatic heterocycles. The van der Waals surface area contributed by atoms with E-state index in [9.17, 15) is 0 Å². The maximum absolute atomic E-state index is 6.04. The average molecular weight is 259 g/mol. The first-order chi connectivity index (χ1) is 8.68. The first-order valence-electron chi connectivity index (χ1n) is 5.84. The molecule has 2 aromatic rings. The van der Waals surface area contributed by atoms with Crippen LogP contribution in [0.3, 0.4) is 0 Å². The van der Waals surface area contributed by atoms with Crippen LogP contribution in [0.2, 0.25) is 0 Å². The lowest BCUT2D eigenvalue weighted by Crippen LogP contribution is -2.35. The van der Waals surface area contributed by atoms with Crippen LogP contribution in [0.4, 0.5) is 5.69 Å². The SMILES string of the molecule is CC(c1cccs1)N(C)C(N)=Nc1ccccc1. The Balaban J connectivity index is 2.14. The summed E-state index contributed by atoms with van der Waals surface area (Å²) in [4.78, 5) is 7.68. The van der Waals surface area contributed by atoms with Crippen LogP contribution in [0.15, 0.2) is 52.8 Å². The van der Waals surface area contributed by atoms with Gasteiger partial charge in [-0.15, -0.1) is 11.3 Å². The monoisotopic (exact) mass is 259 g/mol. The molecule has 0 aliphatic heterocycles. The zero-order chi connectivity index (χ0) is 13.0. The third kappa shape index (κ3) is 2.90. The van der Waals surface area contributed by atoms with Crippen molar-refractivity contribution in [3.8, 4) is 0 Å². The summed E-state index contributed by atoms with van der Waals surface area (Å²) in [6.07, 6.45) is 0. The molecular weight excluding hydrogens is 242 g/mol. The van der Waals surface area contributed by atoms with Gasteiger partial charge in [0.2, 0.25) is 0 Å². The predicted molar refractivity (Wildman–Crippen MR) is 78.2 cm³/mol. The molecule has 0 aliphatic carbocycles. The molecule has 2 N–H and O–H groups in total. The van der Waals surface area contributed by atoms with Gasteiger partial charge in [0.15, 0.2) is 5.96 Å². The van der Waals surface area contributed by atoms with Crippen LogP contribution < -0.4 is 5.73 Å². The lowest BCUT2D eigenvalue weighted by molar-refractivity contribution is 0.404. The highest BCUT2D eigenvalue weighted by Gasteiger charge is 2.14. The molecule has 0 saturated carbocycles. The highest BCUT2D eigenvalue weighted by molar-refractivity contribution is 7.10. The fraction of sp³-hybridized carbons (Fsp3) is 0.214. The standard InChI is InChI=1S/C14H17N3S/c1-11(13-9-6-10-18-13)17(2)14(15)16-12-7-4-3-5-8-12/h3-11H,1-2H3,(H2,15,16). The molecule has 0 aliphatic rings. The van der Waals surface area contributed by atoms with Gasteiger partial charge in [-0.05, 0) is 30.5 Å². The number of benzene rings is 1. The third-order valence-corrected chi connectivity index (χ3v) is 3.94. The molecule has 2 rings (SSSR count). The molecule has 4 heteroatoms. The summed E-state index contributed by atoms with van der Waals surface area (Å²) in [5, 5.41) is 2.07. The Morgan fingerprint density at radius 2 is 1.94 bits per heavy atom. The quantitative estimate of drug-likeness (QED) is 0.678. The third-order valence-electron chi connectivity index (χ3n) is 2.90. The van der Waals surface area contributed by atoms with Gasteiger partial charge in [0, 0.05) is 11.9 Å². The minimum absolute atomic E-state index is 0.234. The van der Waals surface area contributed by atoms with E-state index in [0.717, 1.165) is 5.69 Å². The van der Waals surface area contributed by atoms with Crippen molar-refractivity contribution in [2.45, 2.75) is 13.0 Å². The Morgan fingerprint density at radius 1 is 1.22 bits per heavy atom. The van der Waals surface area contributed by atoms with Crippen molar-refractivity contribution in [2.75, 3.05) is 7.05 Å². The number of guanidine groups is 1. The largest absolute Gasteiger partial charge is 0.369 e. The Bertz CT molecular complexity index is 505. The number of para-hydroxylation sites is 1. The lowest BCUT2D eigenvalue weighted by Gasteiger charge is -2.24. The van der Waals surface area contributed by atoms with E-state index in [1.807, 2.05) is 42.3 Å². The molecule has 1 heterocycles. The van der Waals surface area contributed by atoms with Gasteiger partial charge in [-0.1, -0.05) is 24.3 Å². The highest BCUT2D eigenvalue weighted by Crippen LogP contribution is 2.23. The Morgan fingerprint density at radius 3 is 2.56 bits per heavy atom. The minimum Gasteiger partial charge on any atom is -0.369 e. The summed E-state index contributed by atoms with van der Waals surface area (Å²) in [5.74, 6) is 0.530. The molecule has 1 unspecified atom stereocenters. The van der Waals surface area contributed by atoms with Gasteiger partial charge in [-0.3, -0.25) is 0 Å². The number of rotatable bonds is 3. The highest BCUT2D eigenvalue weighted by atomic mass is 32.1. The molecule has 0 amide bonds. The van der Waals surface area contributed by atoms with Gasteiger partial charge in [-0.2, -0.15) is 0 Å². The summed E-state index contributed by atoms with van der Waals surface area (Å²) in [6.45, 7) is 2.12. The van der Waals surface area contributed by atoms with Crippen molar-refractivity contribution in [1.82, 2.24) is 4.90 Å². The fourth-order valence-electron chi connectivity index (χ4n) is 1.63. The van der Waals surface area contributed by atoms with Gasteiger partial charge >= 0.3 is 0 Å². The number of nitrogens with zero attached hydrogens (tertiary/aromatic N) is 2. The number of nitrogens with two attached hydrogens (primary N) is 1. The van der Waals surface area contributed by atoms with Crippen LogP contribution in [0.5, 0.6) is 0 Å². The molecule has 0 bridgehead atoms. The number of aliphatic imine (C=N–C) groups is 1. The number of hydrogen-bond donors (Lipinski definition) is 1. The van der Waals surface area contributed by atoms with E-state index in [-0.39, 0.29) is 6.04 Å². The van der Waals surface area contributed by atoms with E-state index in [4.69, 9.17) is 5.73 Å². The van der Waals surface area contributed by atoms with E-state index in [0.29, 0.717) is 5.96 Å². The Kier molecular flexibility index (Phi) is 3.99. The van der Waals surface area contributed by atoms with Crippen molar-refractivity contribution in [2.24, 2.45) is 10.7 Å². The summed E-state index contributed by atoms with van der Waals surface area (Å²) in [5.41, 5.74) is 6.91. The maximum atomic E-state index is 6.04. The van der Waals surface area contributed by atoms with Crippen LogP contribution in [0, 0.1) is 0 Å². The molecule has 1 atom stereocenters. The van der Waals surface area contributed by atoms with E-state index in [2.05, 4.69) is 29.4 Å². The van der Waals surface area contributed by atoms with Crippen molar-refractivity contribution in [3.63, 3.8) is 0 Å². The molecule has 0 saturated heterocycles. The second-order valence-corrected chi connectivity index (χ2v) is 5.09. The average Bonchev–Trinajstić information content (AvgIpc) is 2.92. The van der Waals surface area contributed by atoms with E-state index >= 15 is 0 Å². The van der Waals surface area contributed by atoms with Gasteiger partial charge in [-0.25, -0.2) is 4.99 Å². The molecule has 0 fully saturated rings. The second kappa shape index (κ2) is 5.69. The summed E-state index contributed by atoms with van der Waals surface area (Å²) in [6, 6.07) is 14.2. The topological polar surface area (TPSA) is 41.6 Å². The molecule has 3 nitrogen and oxygen atoms in total. The van der Waals surface area contributed by atoms with Gasteiger partial charge in [0.1, 0.15) is 0 Å². The van der Waals surface area contributed by atoms with Crippen LogP contribution in [-0.4, -0.2) is 17.9 Å². The van der Waals surface area contributed by atoms with E-state index < -0.39 is 0 Å². The first-order valence-corrected chi connectivity index (χ1v) is 6.72. The van der Waals surface area contributed by atoms with Gasteiger partial charge < -0.3 is 10.6 Å². The van der Waals surface area contributed by atoms with Gasteiger partial charge in [0.05, 0.1) is 11.7 Å². The van der Waals surface area contributed by atoms with Crippen LogP contribution in [0.1, 0.15) is 17.8 Å². The molecule has 94 valence electrons.